The number of ether oxygens (including phenoxy) is 1. The Kier molecular flexibility index (Phi) is 5.11. The number of nitrogens with one attached hydrogen (secondary N) is 1. The van der Waals surface area contributed by atoms with Crippen LogP contribution >= 0.6 is 0 Å². The standard InChI is InChI=1S/C18H28N2O4/c1-11-4-3-5-15(12(11)2)20-9-13(8-17(20)22)18(23)24-10-16(21)19-14-6-7-14/h11-15H,3-10H2,1-2H3,(H,19,21)/t11-,12+,13+,15-/m0/s1. The molecule has 1 N–H and O–H groups in total. The SMILES string of the molecule is C[C@@H]1[C@@H](C)CCC[C@@H]1N1C[C@H](C(=O)OCC(=O)NC2CC2)CC1=O. The monoisotopic (exact) mass is 336 g/mol. The lowest BCUT2D eigenvalue weighted by molar-refractivity contribution is -0.152. The molecule has 0 aromatic heterocycles. The zero-order chi connectivity index (χ0) is 17.3. The van der Waals surface area contributed by atoms with Crippen LogP contribution in [0.5, 0.6) is 0 Å². The summed E-state index contributed by atoms with van der Waals surface area (Å²) >= 11 is 0. The molecule has 0 aromatic carbocycles. The molecule has 3 fully saturated rings. The number of rotatable bonds is 5. The number of carbonyl (C=O) groups is 3. The Labute approximate surface area is 143 Å². The summed E-state index contributed by atoms with van der Waals surface area (Å²) in [5.74, 6) is 0.00603. The first-order chi connectivity index (χ1) is 11.5. The molecule has 0 spiro atoms. The Bertz CT molecular complexity index is 517. The number of likely N-dealkylation sites (tertiary alicyclic amines) is 1. The van der Waals surface area contributed by atoms with Gasteiger partial charge in [0.05, 0.1) is 5.92 Å². The van der Waals surface area contributed by atoms with Gasteiger partial charge in [-0.15, -0.1) is 0 Å². The van der Waals surface area contributed by atoms with Crippen molar-refractivity contribution in [3.63, 3.8) is 0 Å². The van der Waals surface area contributed by atoms with Crippen LogP contribution in [0.4, 0.5) is 0 Å². The third-order valence-corrected chi connectivity index (χ3v) is 5.84. The van der Waals surface area contributed by atoms with Gasteiger partial charge in [-0.3, -0.25) is 14.4 Å². The minimum Gasteiger partial charge on any atom is -0.455 e. The summed E-state index contributed by atoms with van der Waals surface area (Å²) in [4.78, 5) is 38.0. The van der Waals surface area contributed by atoms with Gasteiger partial charge >= 0.3 is 5.97 Å². The van der Waals surface area contributed by atoms with Gasteiger partial charge in [0.25, 0.3) is 5.91 Å². The fraction of sp³-hybridized carbons (Fsp3) is 0.833. The molecule has 6 heteroatoms. The summed E-state index contributed by atoms with van der Waals surface area (Å²) < 4.78 is 5.12. The maximum absolute atomic E-state index is 12.4. The summed E-state index contributed by atoms with van der Waals surface area (Å²) in [6.45, 7) is 4.64. The highest BCUT2D eigenvalue weighted by Crippen LogP contribution is 2.35. The van der Waals surface area contributed by atoms with Gasteiger partial charge < -0.3 is 15.0 Å². The second-order valence-corrected chi connectivity index (χ2v) is 7.73. The summed E-state index contributed by atoms with van der Waals surface area (Å²) in [5.41, 5.74) is 0. The lowest BCUT2D eigenvalue weighted by Gasteiger charge is -2.39. The van der Waals surface area contributed by atoms with E-state index in [9.17, 15) is 14.4 Å². The van der Waals surface area contributed by atoms with Crippen molar-refractivity contribution in [3.8, 4) is 0 Å². The van der Waals surface area contributed by atoms with Gasteiger partial charge in [-0.1, -0.05) is 26.7 Å². The second-order valence-electron chi connectivity index (χ2n) is 7.73. The fourth-order valence-corrected chi connectivity index (χ4v) is 3.96. The van der Waals surface area contributed by atoms with Gasteiger partial charge in [0, 0.05) is 25.0 Å². The average molecular weight is 336 g/mol. The number of hydrogen-bond acceptors (Lipinski definition) is 4. The van der Waals surface area contributed by atoms with Crippen molar-refractivity contribution in [3.05, 3.63) is 0 Å². The van der Waals surface area contributed by atoms with E-state index in [0.29, 0.717) is 18.4 Å². The maximum atomic E-state index is 12.4. The van der Waals surface area contributed by atoms with Crippen LogP contribution in [0.15, 0.2) is 0 Å². The Morgan fingerprint density at radius 1 is 1.21 bits per heavy atom. The molecule has 1 aliphatic heterocycles. The van der Waals surface area contributed by atoms with Crippen LogP contribution in [0.25, 0.3) is 0 Å². The van der Waals surface area contributed by atoms with Crippen molar-refractivity contribution in [2.45, 2.75) is 64.5 Å². The Morgan fingerprint density at radius 3 is 2.67 bits per heavy atom. The van der Waals surface area contributed by atoms with E-state index in [1.165, 1.54) is 6.42 Å². The van der Waals surface area contributed by atoms with E-state index in [4.69, 9.17) is 4.74 Å². The third kappa shape index (κ3) is 3.90. The van der Waals surface area contributed by atoms with Crippen LogP contribution in [-0.2, 0) is 19.1 Å². The molecule has 0 bridgehead atoms. The number of carbonyl (C=O) groups excluding carboxylic acids is 3. The molecule has 0 aromatic rings. The van der Waals surface area contributed by atoms with Crippen molar-refractivity contribution < 1.29 is 19.1 Å². The van der Waals surface area contributed by atoms with Crippen LogP contribution in [0.2, 0.25) is 0 Å². The molecule has 2 saturated carbocycles. The molecular formula is C18H28N2O4. The van der Waals surface area contributed by atoms with Crippen LogP contribution < -0.4 is 5.32 Å². The van der Waals surface area contributed by atoms with Crippen molar-refractivity contribution in [1.82, 2.24) is 10.2 Å². The number of esters is 1. The van der Waals surface area contributed by atoms with Gasteiger partial charge in [-0.25, -0.2) is 0 Å². The predicted molar refractivity (Wildman–Crippen MR) is 87.9 cm³/mol. The van der Waals surface area contributed by atoms with Crippen LogP contribution in [0.3, 0.4) is 0 Å². The lowest BCUT2D eigenvalue weighted by atomic mass is 9.77. The fourth-order valence-electron chi connectivity index (χ4n) is 3.96. The van der Waals surface area contributed by atoms with Crippen molar-refractivity contribution in [2.75, 3.05) is 13.2 Å². The molecule has 4 atom stereocenters. The highest BCUT2D eigenvalue weighted by molar-refractivity contribution is 5.88. The molecule has 1 heterocycles. The average Bonchev–Trinajstić information content (AvgIpc) is 3.27. The summed E-state index contributed by atoms with van der Waals surface area (Å²) in [5, 5.41) is 2.79. The molecule has 24 heavy (non-hydrogen) atoms. The van der Waals surface area contributed by atoms with Gasteiger partial charge in [0.2, 0.25) is 5.91 Å². The van der Waals surface area contributed by atoms with Crippen LogP contribution in [0, 0.1) is 17.8 Å². The Hall–Kier alpha value is -1.59. The number of amides is 2. The maximum Gasteiger partial charge on any atom is 0.311 e. The Morgan fingerprint density at radius 2 is 1.96 bits per heavy atom. The van der Waals surface area contributed by atoms with E-state index in [2.05, 4.69) is 19.2 Å². The molecule has 0 unspecified atom stereocenters. The van der Waals surface area contributed by atoms with Gasteiger partial charge in [-0.2, -0.15) is 0 Å². The predicted octanol–water partition coefficient (Wildman–Crippen LogP) is 1.48. The summed E-state index contributed by atoms with van der Waals surface area (Å²) in [6.07, 6.45) is 5.58. The van der Waals surface area contributed by atoms with Crippen molar-refractivity contribution in [1.29, 1.82) is 0 Å². The topological polar surface area (TPSA) is 75.7 Å². The van der Waals surface area contributed by atoms with Crippen molar-refractivity contribution >= 4 is 17.8 Å². The first-order valence-corrected chi connectivity index (χ1v) is 9.21. The molecular weight excluding hydrogens is 308 g/mol. The zero-order valence-corrected chi connectivity index (χ0v) is 14.6. The van der Waals surface area contributed by atoms with E-state index in [0.717, 1.165) is 25.7 Å². The number of hydrogen-bond donors (Lipinski definition) is 1. The lowest BCUT2D eigenvalue weighted by Crippen LogP contribution is -2.45. The third-order valence-electron chi connectivity index (χ3n) is 5.84. The first kappa shape index (κ1) is 17.2. The van der Waals surface area contributed by atoms with E-state index >= 15 is 0 Å². The van der Waals surface area contributed by atoms with E-state index in [1.807, 2.05) is 4.90 Å². The second kappa shape index (κ2) is 7.11. The van der Waals surface area contributed by atoms with Crippen LogP contribution in [0.1, 0.15) is 52.4 Å². The van der Waals surface area contributed by atoms with Gasteiger partial charge in [0.1, 0.15) is 0 Å². The first-order valence-electron chi connectivity index (χ1n) is 9.21. The van der Waals surface area contributed by atoms with Crippen molar-refractivity contribution in [2.24, 2.45) is 17.8 Å². The number of nitrogens with zero attached hydrogens (tertiary/aromatic N) is 1. The molecule has 2 aliphatic carbocycles. The van der Waals surface area contributed by atoms with Crippen LogP contribution in [-0.4, -0.2) is 47.9 Å². The minimum absolute atomic E-state index is 0.0466. The van der Waals surface area contributed by atoms with Gasteiger partial charge in [-0.05, 0) is 31.1 Å². The Balaban J connectivity index is 1.49. The quantitative estimate of drug-likeness (QED) is 0.772. The molecule has 6 nitrogen and oxygen atoms in total. The highest BCUT2D eigenvalue weighted by atomic mass is 16.5. The molecule has 2 amide bonds. The summed E-state index contributed by atoms with van der Waals surface area (Å²) in [7, 11) is 0. The van der Waals surface area contributed by atoms with E-state index in [1.54, 1.807) is 0 Å². The van der Waals surface area contributed by atoms with Gasteiger partial charge in [0.15, 0.2) is 6.61 Å². The molecule has 3 rings (SSSR count). The molecule has 3 aliphatic rings. The molecule has 1 saturated heterocycles. The minimum atomic E-state index is -0.435. The zero-order valence-electron chi connectivity index (χ0n) is 14.6. The normalized spacial score (nSPS) is 33.4. The molecule has 134 valence electrons. The van der Waals surface area contributed by atoms with E-state index in [-0.39, 0.29) is 36.9 Å². The van der Waals surface area contributed by atoms with E-state index < -0.39 is 11.9 Å². The molecule has 0 radical (unpaired) electrons. The smallest absolute Gasteiger partial charge is 0.311 e. The highest BCUT2D eigenvalue weighted by Gasteiger charge is 2.42. The summed E-state index contributed by atoms with van der Waals surface area (Å²) in [6, 6.07) is 0.492. The largest absolute Gasteiger partial charge is 0.455 e.